The van der Waals surface area contributed by atoms with E-state index in [1.807, 2.05) is 19.2 Å². The second kappa shape index (κ2) is 10.2. The number of nitrogens with zero attached hydrogens (tertiary/aromatic N) is 3. The maximum absolute atomic E-state index is 5.53. The molecular weight excluding hydrogens is 475 g/mol. The van der Waals surface area contributed by atoms with Gasteiger partial charge in [0.2, 0.25) is 0 Å². The number of nitrogens with one attached hydrogen (secondary N) is 1. The summed E-state index contributed by atoms with van der Waals surface area (Å²) in [6, 6.07) is 17.0. The zero-order valence-electron chi connectivity index (χ0n) is 17.3. The van der Waals surface area contributed by atoms with Gasteiger partial charge in [0.05, 0.1) is 12.8 Å². The number of hydrogen-bond acceptors (Lipinski definition) is 3. The molecule has 6 heteroatoms. The highest BCUT2D eigenvalue weighted by Gasteiger charge is 2.25. The Morgan fingerprint density at radius 3 is 2.66 bits per heavy atom. The molecule has 4 rings (SSSR count). The Morgan fingerprint density at radius 1 is 1.10 bits per heavy atom. The fraction of sp³-hybridized carbons (Fsp3) is 0.435. The molecule has 0 spiro atoms. The molecule has 1 N–H and O–H groups in total. The Morgan fingerprint density at radius 2 is 1.86 bits per heavy atom. The van der Waals surface area contributed by atoms with Crippen LogP contribution in [-0.4, -0.2) is 51.2 Å². The third-order valence-electron chi connectivity index (χ3n) is 5.90. The van der Waals surface area contributed by atoms with Crippen LogP contribution in [0.3, 0.4) is 0 Å². The van der Waals surface area contributed by atoms with Gasteiger partial charge in [-0.3, -0.25) is 4.99 Å². The van der Waals surface area contributed by atoms with Gasteiger partial charge in [-0.1, -0.05) is 36.4 Å². The molecule has 29 heavy (non-hydrogen) atoms. The molecule has 0 aliphatic carbocycles. The minimum atomic E-state index is 0. The molecule has 0 bridgehead atoms. The van der Waals surface area contributed by atoms with Gasteiger partial charge in [0, 0.05) is 39.8 Å². The first-order valence-corrected chi connectivity index (χ1v) is 10.2. The number of halogens is 1. The van der Waals surface area contributed by atoms with Crippen molar-refractivity contribution in [2.75, 3.05) is 45.2 Å². The van der Waals surface area contributed by atoms with Gasteiger partial charge in [0.25, 0.3) is 0 Å². The van der Waals surface area contributed by atoms with Crippen molar-refractivity contribution in [3.8, 4) is 5.75 Å². The summed E-state index contributed by atoms with van der Waals surface area (Å²) in [4.78, 5) is 9.35. The fourth-order valence-corrected chi connectivity index (χ4v) is 4.35. The number of anilines is 1. The van der Waals surface area contributed by atoms with Gasteiger partial charge in [-0.05, 0) is 42.0 Å². The summed E-state index contributed by atoms with van der Waals surface area (Å²) in [5.74, 6) is 2.59. The van der Waals surface area contributed by atoms with Crippen LogP contribution in [0, 0.1) is 5.92 Å². The van der Waals surface area contributed by atoms with Crippen molar-refractivity contribution < 1.29 is 4.74 Å². The van der Waals surface area contributed by atoms with Gasteiger partial charge in [0.1, 0.15) is 5.75 Å². The van der Waals surface area contributed by atoms with Gasteiger partial charge in [0.15, 0.2) is 5.96 Å². The lowest BCUT2D eigenvalue weighted by Gasteiger charge is -2.32. The van der Waals surface area contributed by atoms with Crippen LogP contribution in [0.1, 0.15) is 17.5 Å². The molecule has 1 unspecified atom stereocenters. The molecule has 1 atom stereocenters. The Balaban J connectivity index is 0.00000240. The van der Waals surface area contributed by atoms with Crippen molar-refractivity contribution >= 4 is 35.6 Å². The quantitative estimate of drug-likeness (QED) is 0.390. The molecule has 1 saturated heterocycles. The molecule has 5 nitrogen and oxygen atoms in total. The first kappa shape index (κ1) is 21.7. The molecule has 2 aromatic rings. The van der Waals surface area contributed by atoms with E-state index in [1.54, 1.807) is 7.11 Å². The van der Waals surface area contributed by atoms with Crippen molar-refractivity contribution in [1.82, 2.24) is 10.2 Å². The van der Waals surface area contributed by atoms with Crippen LogP contribution in [-0.2, 0) is 13.0 Å². The van der Waals surface area contributed by atoms with E-state index < -0.39 is 0 Å². The number of ether oxygens (including phenoxy) is 1. The lowest BCUT2D eigenvalue weighted by molar-refractivity contribution is 0.374. The summed E-state index contributed by atoms with van der Waals surface area (Å²) < 4.78 is 5.53. The predicted molar refractivity (Wildman–Crippen MR) is 131 cm³/mol. The van der Waals surface area contributed by atoms with Crippen molar-refractivity contribution in [3.05, 3.63) is 59.7 Å². The van der Waals surface area contributed by atoms with E-state index in [4.69, 9.17) is 4.74 Å². The normalized spacial score (nSPS) is 18.8. The molecule has 2 aliphatic rings. The highest BCUT2D eigenvalue weighted by atomic mass is 127. The van der Waals surface area contributed by atoms with Gasteiger partial charge >= 0.3 is 0 Å². The van der Waals surface area contributed by atoms with Crippen molar-refractivity contribution in [1.29, 1.82) is 0 Å². The summed E-state index contributed by atoms with van der Waals surface area (Å²) in [5, 5.41) is 3.63. The van der Waals surface area contributed by atoms with Crippen LogP contribution in [0.5, 0.6) is 5.75 Å². The van der Waals surface area contributed by atoms with Gasteiger partial charge < -0.3 is 19.9 Å². The molecule has 0 amide bonds. The molecule has 156 valence electrons. The average molecular weight is 506 g/mol. The Hall–Kier alpha value is -1.96. The molecular formula is C23H31IN4O. The van der Waals surface area contributed by atoms with E-state index in [0.29, 0.717) is 5.92 Å². The zero-order valence-corrected chi connectivity index (χ0v) is 19.6. The Bertz CT molecular complexity index is 841. The van der Waals surface area contributed by atoms with E-state index in [9.17, 15) is 0 Å². The number of methoxy groups -OCH3 is 1. The third kappa shape index (κ3) is 4.97. The van der Waals surface area contributed by atoms with E-state index >= 15 is 0 Å². The standard InChI is InChI=1S/C23H30N4O.HI/c1-24-23(27-14-12-19-7-3-4-8-20(19)17-27)25-15-18-11-13-26(16-18)21-9-5-6-10-22(21)28-2;/h3-10,18H,11-17H2,1-2H3,(H,24,25);1H. The number of guanidine groups is 1. The molecule has 2 heterocycles. The molecule has 0 aromatic heterocycles. The highest BCUT2D eigenvalue weighted by Crippen LogP contribution is 2.31. The average Bonchev–Trinajstić information content (AvgIpc) is 3.23. The fourth-order valence-electron chi connectivity index (χ4n) is 4.35. The molecule has 2 aromatic carbocycles. The highest BCUT2D eigenvalue weighted by molar-refractivity contribution is 14.0. The summed E-state index contributed by atoms with van der Waals surface area (Å²) in [6.07, 6.45) is 2.27. The van der Waals surface area contributed by atoms with Crippen LogP contribution in [0.4, 0.5) is 5.69 Å². The number of fused-ring (bicyclic) bond motifs is 1. The van der Waals surface area contributed by atoms with Crippen molar-refractivity contribution in [3.63, 3.8) is 0 Å². The van der Waals surface area contributed by atoms with Crippen LogP contribution in [0.15, 0.2) is 53.5 Å². The van der Waals surface area contributed by atoms with Crippen molar-refractivity contribution in [2.45, 2.75) is 19.4 Å². The largest absolute Gasteiger partial charge is 0.495 e. The molecule has 1 fully saturated rings. The van der Waals surface area contributed by atoms with E-state index in [-0.39, 0.29) is 24.0 Å². The van der Waals surface area contributed by atoms with Crippen LogP contribution in [0.25, 0.3) is 0 Å². The lowest BCUT2D eigenvalue weighted by atomic mass is 10.0. The van der Waals surface area contributed by atoms with Gasteiger partial charge in [-0.25, -0.2) is 0 Å². The summed E-state index contributed by atoms with van der Waals surface area (Å²) in [7, 11) is 3.63. The van der Waals surface area contributed by atoms with Gasteiger partial charge in [-0.15, -0.1) is 24.0 Å². The maximum Gasteiger partial charge on any atom is 0.193 e. The van der Waals surface area contributed by atoms with E-state index in [2.05, 4.69) is 56.5 Å². The number of aliphatic imine (C=N–C) groups is 1. The minimum absolute atomic E-state index is 0. The Kier molecular flexibility index (Phi) is 7.64. The smallest absolute Gasteiger partial charge is 0.193 e. The monoisotopic (exact) mass is 506 g/mol. The van der Waals surface area contributed by atoms with Crippen LogP contribution >= 0.6 is 24.0 Å². The molecule has 0 radical (unpaired) electrons. The number of hydrogen-bond donors (Lipinski definition) is 1. The first-order valence-electron chi connectivity index (χ1n) is 10.2. The second-order valence-electron chi connectivity index (χ2n) is 7.64. The minimum Gasteiger partial charge on any atom is -0.495 e. The van der Waals surface area contributed by atoms with Gasteiger partial charge in [-0.2, -0.15) is 0 Å². The maximum atomic E-state index is 5.53. The molecule has 0 saturated carbocycles. The predicted octanol–water partition coefficient (Wildman–Crippen LogP) is 3.77. The zero-order chi connectivity index (χ0) is 19.3. The van der Waals surface area contributed by atoms with E-state index in [1.165, 1.54) is 23.2 Å². The summed E-state index contributed by atoms with van der Waals surface area (Å²) >= 11 is 0. The number of rotatable bonds is 4. The molecule has 2 aliphatic heterocycles. The third-order valence-corrected chi connectivity index (χ3v) is 5.90. The summed E-state index contributed by atoms with van der Waals surface area (Å²) in [6.45, 7) is 5.04. The topological polar surface area (TPSA) is 40.1 Å². The Labute approximate surface area is 191 Å². The summed E-state index contributed by atoms with van der Waals surface area (Å²) in [5.41, 5.74) is 4.09. The number of para-hydroxylation sites is 2. The van der Waals surface area contributed by atoms with Crippen LogP contribution in [0.2, 0.25) is 0 Å². The van der Waals surface area contributed by atoms with E-state index in [0.717, 1.165) is 50.9 Å². The second-order valence-corrected chi connectivity index (χ2v) is 7.64. The van der Waals surface area contributed by atoms with Crippen molar-refractivity contribution in [2.24, 2.45) is 10.9 Å². The number of benzene rings is 2. The SMILES string of the molecule is CN=C(NCC1CCN(c2ccccc2OC)C1)N1CCc2ccccc2C1.I. The lowest BCUT2D eigenvalue weighted by Crippen LogP contribution is -2.45. The first-order chi connectivity index (χ1) is 13.8. The van der Waals surface area contributed by atoms with Crippen LogP contribution < -0.4 is 15.0 Å².